The van der Waals surface area contributed by atoms with Crippen LogP contribution in [0.2, 0.25) is 0 Å². The molecule has 1 fully saturated rings. The molecule has 1 aliphatic rings. The van der Waals surface area contributed by atoms with Gasteiger partial charge in [-0.15, -0.1) is 0 Å². The van der Waals surface area contributed by atoms with Crippen molar-refractivity contribution in [3.8, 4) is 0 Å². The van der Waals surface area contributed by atoms with E-state index in [2.05, 4.69) is 5.32 Å². The smallest absolute Gasteiger partial charge is 0.321 e. The summed E-state index contributed by atoms with van der Waals surface area (Å²) in [5, 5.41) is 2.89. The second-order valence-corrected chi connectivity index (χ2v) is 6.33. The number of anilines is 1. The average Bonchev–Trinajstić information content (AvgIpc) is 2.62. The predicted octanol–water partition coefficient (Wildman–Crippen LogP) is 2.91. The van der Waals surface area contributed by atoms with Crippen molar-refractivity contribution in [2.45, 2.75) is 13.3 Å². The number of urea groups is 1. The van der Waals surface area contributed by atoms with Gasteiger partial charge in [0.05, 0.1) is 6.42 Å². The first-order chi connectivity index (χ1) is 12.1. The molecule has 3 rings (SSSR count). The number of piperazine rings is 1. The van der Waals surface area contributed by atoms with Gasteiger partial charge in [0.15, 0.2) is 0 Å². The lowest BCUT2D eigenvalue weighted by atomic mass is 10.1. The molecule has 0 atom stereocenters. The number of rotatable bonds is 3. The van der Waals surface area contributed by atoms with E-state index in [0.717, 1.165) is 16.8 Å². The van der Waals surface area contributed by atoms with E-state index in [0.29, 0.717) is 32.6 Å². The molecular weight excluding hydrogens is 314 g/mol. The molecular formula is C20H23N3O2. The van der Waals surface area contributed by atoms with Crippen LogP contribution in [0.5, 0.6) is 0 Å². The van der Waals surface area contributed by atoms with Gasteiger partial charge in [-0.3, -0.25) is 4.79 Å². The molecule has 25 heavy (non-hydrogen) atoms. The molecule has 3 amide bonds. The monoisotopic (exact) mass is 337 g/mol. The number of amides is 3. The number of para-hydroxylation sites is 1. The van der Waals surface area contributed by atoms with Crippen LogP contribution in [0, 0.1) is 6.92 Å². The van der Waals surface area contributed by atoms with Crippen LogP contribution in [0.4, 0.5) is 10.5 Å². The van der Waals surface area contributed by atoms with Crippen molar-refractivity contribution < 1.29 is 9.59 Å². The molecule has 5 nitrogen and oxygen atoms in total. The molecule has 0 spiro atoms. The lowest BCUT2D eigenvalue weighted by Gasteiger charge is -2.34. The van der Waals surface area contributed by atoms with Crippen LogP contribution < -0.4 is 5.32 Å². The first-order valence-corrected chi connectivity index (χ1v) is 8.56. The first kappa shape index (κ1) is 17.0. The Morgan fingerprint density at radius 2 is 1.60 bits per heavy atom. The molecule has 1 N–H and O–H groups in total. The summed E-state index contributed by atoms with van der Waals surface area (Å²) in [5.41, 5.74) is 2.98. The zero-order valence-electron chi connectivity index (χ0n) is 14.4. The number of aryl methyl sites for hydroxylation is 1. The molecule has 2 aromatic rings. The first-order valence-electron chi connectivity index (χ1n) is 8.56. The fourth-order valence-electron chi connectivity index (χ4n) is 2.99. The lowest BCUT2D eigenvalue weighted by Crippen LogP contribution is -2.52. The van der Waals surface area contributed by atoms with Crippen LogP contribution in [0.15, 0.2) is 54.6 Å². The fraction of sp³-hybridized carbons (Fsp3) is 0.300. The zero-order valence-corrected chi connectivity index (χ0v) is 14.4. The third kappa shape index (κ3) is 4.59. The van der Waals surface area contributed by atoms with Crippen LogP contribution in [0.25, 0.3) is 0 Å². The van der Waals surface area contributed by atoms with E-state index < -0.39 is 0 Å². The summed E-state index contributed by atoms with van der Waals surface area (Å²) in [6.45, 7) is 4.29. The third-order valence-corrected chi connectivity index (χ3v) is 4.38. The molecule has 0 unspecified atom stereocenters. The fourth-order valence-corrected chi connectivity index (χ4v) is 2.99. The van der Waals surface area contributed by atoms with Gasteiger partial charge in [0.1, 0.15) is 0 Å². The Hall–Kier alpha value is -2.82. The Morgan fingerprint density at radius 3 is 2.28 bits per heavy atom. The van der Waals surface area contributed by atoms with Gasteiger partial charge in [-0.25, -0.2) is 4.79 Å². The number of hydrogen-bond acceptors (Lipinski definition) is 2. The molecule has 0 aliphatic carbocycles. The van der Waals surface area contributed by atoms with E-state index in [-0.39, 0.29) is 11.9 Å². The number of carbonyl (C=O) groups excluding carboxylic acids is 2. The van der Waals surface area contributed by atoms with Crippen molar-refractivity contribution in [2.24, 2.45) is 0 Å². The minimum Gasteiger partial charge on any atom is -0.339 e. The Labute approximate surface area is 148 Å². The Kier molecular flexibility index (Phi) is 5.33. The second kappa shape index (κ2) is 7.83. The summed E-state index contributed by atoms with van der Waals surface area (Å²) in [6, 6.07) is 17.3. The van der Waals surface area contributed by atoms with Crippen molar-refractivity contribution in [1.82, 2.24) is 9.80 Å². The second-order valence-electron chi connectivity index (χ2n) is 6.33. The zero-order chi connectivity index (χ0) is 17.6. The topological polar surface area (TPSA) is 52.7 Å². The van der Waals surface area contributed by atoms with Crippen molar-refractivity contribution in [3.05, 3.63) is 65.7 Å². The molecule has 1 heterocycles. The summed E-state index contributed by atoms with van der Waals surface area (Å²) in [7, 11) is 0. The van der Waals surface area contributed by atoms with Crippen molar-refractivity contribution in [1.29, 1.82) is 0 Å². The molecule has 0 saturated carbocycles. The van der Waals surface area contributed by atoms with Gasteiger partial charge >= 0.3 is 6.03 Å². The number of nitrogens with one attached hydrogen (secondary N) is 1. The molecule has 0 aromatic heterocycles. The van der Waals surface area contributed by atoms with Crippen molar-refractivity contribution in [3.63, 3.8) is 0 Å². The Bertz CT molecular complexity index is 738. The van der Waals surface area contributed by atoms with Gasteiger partial charge in [0.2, 0.25) is 5.91 Å². The minimum absolute atomic E-state index is 0.114. The Morgan fingerprint density at radius 1 is 0.920 bits per heavy atom. The maximum atomic E-state index is 12.5. The van der Waals surface area contributed by atoms with Crippen LogP contribution >= 0.6 is 0 Å². The summed E-state index contributed by atoms with van der Waals surface area (Å²) in [5.74, 6) is 0.119. The molecule has 1 aliphatic heterocycles. The van der Waals surface area contributed by atoms with E-state index in [9.17, 15) is 9.59 Å². The molecule has 130 valence electrons. The van der Waals surface area contributed by atoms with Crippen molar-refractivity contribution >= 4 is 17.6 Å². The largest absolute Gasteiger partial charge is 0.339 e. The maximum Gasteiger partial charge on any atom is 0.321 e. The van der Waals surface area contributed by atoms with Crippen LogP contribution in [-0.2, 0) is 11.2 Å². The number of nitrogens with zero attached hydrogens (tertiary/aromatic N) is 2. The molecule has 2 aromatic carbocycles. The van der Waals surface area contributed by atoms with Gasteiger partial charge < -0.3 is 15.1 Å². The number of benzene rings is 2. The summed E-state index contributed by atoms with van der Waals surface area (Å²) >= 11 is 0. The SMILES string of the molecule is Cc1cccc(CC(=O)N2CCN(C(=O)Nc3ccccc3)CC2)c1. The highest BCUT2D eigenvalue weighted by Gasteiger charge is 2.24. The average molecular weight is 337 g/mol. The van der Waals surface area contributed by atoms with Crippen LogP contribution in [0.1, 0.15) is 11.1 Å². The highest BCUT2D eigenvalue weighted by molar-refractivity contribution is 5.89. The van der Waals surface area contributed by atoms with Gasteiger partial charge in [0.25, 0.3) is 0 Å². The maximum absolute atomic E-state index is 12.5. The van der Waals surface area contributed by atoms with Gasteiger partial charge in [-0.05, 0) is 24.6 Å². The minimum atomic E-state index is -0.114. The van der Waals surface area contributed by atoms with Crippen molar-refractivity contribution in [2.75, 3.05) is 31.5 Å². The number of hydrogen-bond donors (Lipinski definition) is 1. The van der Waals surface area contributed by atoms with Gasteiger partial charge in [-0.2, -0.15) is 0 Å². The molecule has 0 bridgehead atoms. The van der Waals surface area contributed by atoms with E-state index in [1.165, 1.54) is 0 Å². The van der Waals surface area contributed by atoms with Gasteiger partial charge in [0, 0.05) is 31.9 Å². The molecule has 5 heteroatoms. The van der Waals surface area contributed by atoms with E-state index in [1.807, 2.05) is 66.4 Å². The predicted molar refractivity (Wildman–Crippen MR) is 98.5 cm³/mol. The lowest BCUT2D eigenvalue weighted by molar-refractivity contribution is -0.131. The highest BCUT2D eigenvalue weighted by atomic mass is 16.2. The van der Waals surface area contributed by atoms with E-state index >= 15 is 0 Å². The van der Waals surface area contributed by atoms with E-state index in [4.69, 9.17) is 0 Å². The Balaban J connectivity index is 1.49. The van der Waals surface area contributed by atoms with Crippen LogP contribution in [-0.4, -0.2) is 47.9 Å². The van der Waals surface area contributed by atoms with E-state index in [1.54, 1.807) is 4.90 Å². The highest BCUT2D eigenvalue weighted by Crippen LogP contribution is 2.11. The molecule has 1 saturated heterocycles. The summed E-state index contributed by atoms with van der Waals surface area (Å²) < 4.78 is 0. The van der Waals surface area contributed by atoms with Crippen LogP contribution in [0.3, 0.4) is 0 Å². The number of carbonyl (C=O) groups is 2. The summed E-state index contributed by atoms with van der Waals surface area (Å²) in [4.78, 5) is 28.3. The summed E-state index contributed by atoms with van der Waals surface area (Å²) in [6.07, 6.45) is 0.415. The van der Waals surface area contributed by atoms with Gasteiger partial charge in [-0.1, -0.05) is 48.0 Å². The molecule has 0 radical (unpaired) electrons. The normalized spacial score (nSPS) is 14.3. The quantitative estimate of drug-likeness (QED) is 0.936. The third-order valence-electron chi connectivity index (χ3n) is 4.38. The standard InChI is InChI=1S/C20H23N3O2/c1-16-6-5-7-17(14-16)15-19(24)22-10-12-23(13-11-22)20(25)21-18-8-3-2-4-9-18/h2-9,14H,10-13,15H2,1H3,(H,21,25).